The van der Waals surface area contributed by atoms with E-state index < -0.39 is 6.04 Å². The number of halogens is 2. The summed E-state index contributed by atoms with van der Waals surface area (Å²) in [6, 6.07) is 5.14. The van der Waals surface area contributed by atoms with Gasteiger partial charge >= 0.3 is 0 Å². The summed E-state index contributed by atoms with van der Waals surface area (Å²) >= 11 is 5.61. The number of nitrogens with one attached hydrogen (secondary N) is 1. The predicted molar refractivity (Wildman–Crippen MR) is 76.8 cm³/mol. The molecule has 1 unspecified atom stereocenters. The quantitative estimate of drug-likeness (QED) is 0.721. The zero-order valence-corrected chi connectivity index (χ0v) is 12.8. The van der Waals surface area contributed by atoms with Crippen LogP contribution < -0.4 is 10.2 Å². The molecule has 1 N–H and O–H groups in total. The Morgan fingerprint density at radius 1 is 1.47 bits per heavy atom. The van der Waals surface area contributed by atoms with E-state index in [0.717, 1.165) is 13.7 Å². The van der Waals surface area contributed by atoms with Crippen LogP contribution in [0, 0.1) is 3.57 Å². The van der Waals surface area contributed by atoms with E-state index in [1.807, 2.05) is 18.2 Å². The highest BCUT2D eigenvalue weighted by molar-refractivity contribution is 14.1. The molecule has 0 radical (unpaired) electrons. The summed E-state index contributed by atoms with van der Waals surface area (Å²) in [5.41, 5.74) is 0.740. The first kappa shape index (κ1) is 12.8. The van der Waals surface area contributed by atoms with Crippen LogP contribution in [0.2, 0.25) is 0 Å². The van der Waals surface area contributed by atoms with E-state index in [1.165, 1.54) is 4.90 Å². The second-order valence-corrected chi connectivity index (χ2v) is 5.83. The zero-order chi connectivity index (χ0) is 12.6. The third-order valence-corrected chi connectivity index (χ3v) is 4.87. The highest BCUT2D eigenvalue weighted by Crippen LogP contribution is 2.26. The zero-order valence-electron chi connectivity index (χ0n) is 9.04. The Bertz CT molecular complexity index is 492. The summed E-state index contributed by atoms with van der Waals surface area (Å²) in [4.78, 5) is 24.9. The van der Waals surface area contributed by atoms with Crippen molar-refractivity contribution in [1.29, 1.82) is 0 Å². The van der Waals surface area contributed by atoms with Crippen LogP contribution >= 0.6 is 38.5 Å². The summed E-state index contributed by atoms with van der Waals surface area (Å²) in [6.45, 7) is 1.77. The molecule has 1 aliphatic rings. The van der Waals surface area contributed by atoms with Crippen molar-refractivity contribution in [2.24, 2.45) is 0 Å². The van der Waals surface area contributed by atoms with Crippen LogP contribution in [0.3, 0.4) is 0 Å². The summed E-state index contributed by atoms with van der Waals surface area (Å²) in [5.74, 6) is -0.218. The standard InChI is InChI=1S/C11H10BrIN2O2/c1-6-11(17)15(5-10(16)14-6)7-2-3-9(13)8(12)4-7/h2-4,6H,5H2,1H3,(H,14,16). The normalized spacial score (nSPS) is 20.4. The Kier molecular flexibility index (Phi) is 3.72. The Morgan fingerprint density at radius 3 is 2.82 bits per heavy atom. The molecule has 0 saturated carbocycles. The van der Waals surface area contributed by atoms with Crippen LogP contribution in [0.25, 0.3) is 0 Å². The molecule has 0 aromatic heterocycles. The second kappa shape index (κ2) is 4.93. The molecule has 1 heterocycles. The maximum absolute atomic E-state index is 12.0. The number of carbonyl (C=O) groups excluding carboxylic acids is 2. The molecule has 1 fully saturated rings. The largest absolute Gasteiger partial charge is 0.343 e. The summed E-state index contributed by atoms with van der Waals surface area (Å²) in [6.07, 6.45) is 0. The molecular formula is C11H10BrIN2O2. The SMILES string of the molecule is CC1NC(=O)CN(c2ccc(I)c(Br)c2)C1=O. The van der Waals surface area contributed by atoms with Gasteiger partial charge in [-0.15, -0.1) is 0 Å². The van der Waals surface area contributed by atoms with Gasteiger partial charge in [-0.3, -0.25) is 9.59 Å². The van der Waals surface area contributed by atoms with Gasteiger partial charge in [0.15, 0.2) is 0 Å². The number of nitrogens with zero attached hydrogens (tertiary/aromatic N) is 1. The van der Waals surface area contributed by atoms with Gasteiger partial charge in [0.1, 0.15) is 12.6 Å². The van der Waals surface area contributed by atoms with Gasteiger partial charge in [-0.05, 0) is 63.6 Å². The van der Waals surface area contributed by atoms with Crippen molar-refractivity contribution in [3.63, 3.8) is 0 Å². The molecule has 0 aliphatic carbocycles. The summed E-state index contributed by atoms with van der Waals surface area (Å²) in [7, 11) is 0. The van der Waals surface area contributed by atoms with Crippen molar-refractivity contribution in [1.82, 2.24) is 5.32 Å². The topological polar surface area (TPSA) is 49.4 Å². The van der Waals surface area contributed by atoms with E-state index in [4.69, 9.17) is 0 Å². The number of carbonyl (C=O) groups is 2. The predicted octanol–water partition coefficient (Wildman–Crippen LogP) is 1.90. The fourth-order valence-corrected chi connectivity index (χ4v) is 2.38. The minimum absolute atomic E-state index is 0.0796. The first-order chi connectivity index (χ1) is 7.99. The van der Waals surface area contributed by atoms with E-state index in [2.05, 4.69) is 43.8 Å². The van der Waals surface area contributed by atoms with E-state index in [9.17, 15) is 9.59 Å². The van der Waals surface area contributed by atoms with Gasteiger partial charge in [0.05, 0.1) is 0 Å². The number of amides is 2. The Morgan fingerprint density at radius 2 is 2.18 bits per heavy atom. The van der Waals surface area contributed by atoms with Gasteiger partial charge < -0.3 is 10.2 Å². The molecule has 17 heavy (non-hydrogen) atoms. The highest BCUT2D eigenvalue weighted by Gasteiger charge is 2.30. The average molecular weight is 409 g/mol. The highest BCUT2D eigenvalue weighted by atomic mass is 127. The van der Waals surface area contributed by atoms with Gasteiger partial charge in [0.25, 0.3) is 0 Å². The van der Waals surface area contributed by atoms with E-state index >= 15 is 0 Å². The van der Waals surface area contributed by atoms with Crippen LogP contribution in [0.4, 0.5) is 5.69 Å². The molecule has 4 nitrogen and oxygen atoms in total. The Balaban J connectivity index is 2.34. The maximum Gasteiger partial charge on any atom is 0.249 e. The number of hydrogen-bond acceptors (Lipinski definition) is 2. The van der Waals surface area contributed by atoms with Crippen molar-refractivity contribution in [2.45, 2.75) is 13.0 Å². The smallest absolute Gasteiger partial charge is 0.249 e. The molecule has 2 amide bonds. The molecule has 90 valence electrons. The molecule has 1 aromatic rings. The van der Waals surface area contributed by atoms with Gasteiger partial charge in [-0.2, -0.15) is 0 Å². The Labute approximate surface area is 121 Å². The van der Waals surface area contributed by atoms with Gasteiger partial charge in [0, 0.05) is 13.7 Å². The van der Waals surface area contributed by atoms with Gasteiger partial charge in [-0.25, -0.2) is 0 Å². The molecule has 0 spiro atoms. The van der Waals surface area contributed by atoms with Crippen molar-refractivity contribution in [3.8, 4) is 0 Å². The molecule has 1 aliphatic heterocycles. The second-order valence-electron chi connectivity index (χ2n) is 3.81. The van der Waals surface area contributed by atoms with Crippen LogP contribution in [0.5, 0.6) is 0 Å². The van der Waals surface area contributed by atoms with Crippen LogP contribution in [-0.4, -0.2) is 24.4 Å². The van der Waals surface area contributed by atoms with Gasteiger partial charge in [0.2, 0.25) is 11.8 Å². The third-order valence-electron chi connectivity index (χ3n) is 2.53. The molecule has 1 aromatic carbocycles. The number of piperazine rings is 1. The number of benzene rings is 1. The third kappa shape index (κ3) is 2.62. The molecule has 0 bridgehead atoms. The summed E-state index contributed by atoms with van der Waals surface area (Å²) < 4.78 is 1.98. The number of hydrogen-bond donors (Lipinski definition) is 1. The van der Waals surface area contributed by atoms with Gasteiger partial charge in [-0.1, -0.05) is 0 Å². The monoisotopic (exact) mass is 408 g/mol. The van der Waals surface area contributed by atoms with Crippen molar-refractivity contribution in [3.05, 3.63) is 26.2 Å². The van der Waals surface area contributed by atoms with Crippen molar-refractivity contribution >= 4 is 56.0 Å². The Hall–Kier alpha value is -0.630. The molecule has 1 atom stereocenters. The van der Waals surface area contributed by atoms with Crippen molar-refractivity contribution in [2.75, 3.05) is 11.4 Å². The number of rotatable bonds is 1. The fourth-order valence-electron chi connectivity index (χ4n) is 1.68. The van der Waals surface area contributed by atoms with Crippen LogP contribution in [-0.2, 0) is 9.59 Å². The molecular weight excluding hydrogens is 399 g/mol. The van der Waals surface area contributed by atoms with E-state index in [1.54, 1.807) is 6.92 Å². The number of anilines is 1. The fraction of sp³-hybridized carbons (Fsp3) is 0.273. The lowest BCUT2D eigenvalue weighted by Gasteiger charge is -2.30. The van der Waals surface area contributed by atoms with Crippen LogP contribution in [0.15, 0.2) is 22.7 Å². The lowest BCUT2D eigenvalue weighted by Crippen LogP contribution is -2.57. The van der Waals surface area contributed by atoms with Crippen molar-refractivity contribution < 1.29 is 9.59 Å². The maximum atomic E-state index is 12.0. The van der Waals surface area contributed by atoms with E-state index in [0.29, 0.717) is 0 Å². The minimum atomic E-state index is -0.464. The first-order valence-corrected chi connectivity index (χ1v) is 6.92. The molecule has 2 rings (SSSR count). The van der Waals surface area contributed by atoms with Crippen LogP contribution in [0.1, 0.15) is 6.92 Å². The summed E-state index contributed by atoms with van der Waals surface area (Å²) in [5, 5.41) is 2.61. The first-order valence-electron chi connectivity index (χ1n) is 5.05. The minimum Gasteiger partial charge on any atom is -0.343 e. The molecule has 1 saturated heterocycles. The average Bonchev–Trinajstić information content (AvgIpc) is 2.27. The lowest BCUT2D eigenvalue weighted by molar-refractivity contribution is -0.130. The van der Waals surface area contributed by atoms with E-state index in [-0.39, 0.29) is 18.4 Å². The lowest BCUT2D eigenvalue weighted by atomic mass is 10.2. The molecule has 6 heteroatoms.